The van der Waals surface area contributed by atoms with Crippen molar-refractivity contribution >= 4 is 0 Å². The van der Waals surface area contributed by atoms with Crippen molar-refractivity contribution in [2.75, 3.05) is 7.05 Å². The highest BCUT2D eigenvalue weighted by Gasteiger charge is 2.26. The van der Waals surface area contributed by atoms with Crippen LogP contribution < -0.4 is 5.32 Å². The van der Waals surface area contributed by atoms with Gasteiger partial charge in [-0.05, 0) is 38.6 Å². The van der Waals surface area contributed by atoms with Crippen molar-refractivity contribution < 1.29 is 5.11 Å². The Bertz CT molecular complexity index is 253. The van der Waals surface area contributed by atoms with E-state index in [0.29, 0.717) is 0 Å². The van der Waals surface area contributed by atoms with E-state index in [1.807, 2.05) is 19.2 Å². The summed E-state index contributed by atoms with van der Waals surface area (Å²) < 4.78 is 0. The lowest BCUT2D eigenvalue weighted by molar-refractivity contribution is 0.0400. The van der Waals surface area contributed by atoms with E-state index in [2.05, 4.69) is 10.3 Å². The fraction of sp³-hybridized carbons (Fsp3) is 0.500. The molecule has 2 N–H and O–H groups in total. The molecule has 0 saturated heterocycles. The molecule has 1 heterocycles. The first-order valence-corrected chi connectivity index (χ1v) is 4.35. The number of nitrogens with zero attached hydrogens (tertiary/aromatic N) is 1. The average Bonchev–Trinajstić information content (AvgIpc) is 2.05. The number of hydrogen-bond acceptors (Lipinski definition) is 3. The zero-order valence-corrected chi connectivity index (χ0v) is 8.28. The predicted molar refractivity (Wildman–Crippen MR) is 52.3 cm³/mol. The van der Waals surface area contributed by atoms with E-state index in [1.54, 1.807) is 26.2 Å². The van der Waals surface area contributed by atoms with Crippen LogP contribution in [-0.4, -0.2) is 22.7 Å². The van der Waals surface area contributed by atoms with E-state index in [9.17, 15) is 5.11 Å². The van der Waals surface area contributed by atoms with E-state index in [0.717, 1.165) is 5.56 Å². The summed E-state index contributed by atoms with van der Waals surface area (Å²) in [6, 6.07) is 3.74. The fourth-order valence-corrected chi connectivity index (χ4v) is 1.48. The maximum absolute atomic E-state index is 9.85. The lowest BCUT2D eigenvalue weighted by atomic mass is 9.93. The number of rotatable bonds is 3. The van der Waals surface area contributed by atoms with Gasteiger partial charge in [0.15, 0.2) is 0 Å². The molecule has 0 saturated carbocycles. The minimum Gasteiger partial charge on any atom is -0.388 e. The van der Waals surface area contributed by atoms with Crippen LogP contribution in [0.4, 0.5) is 0 Å². The SMILES string of the molecule is CNC(c1ccncc1)C(C)(C)O. The molecule has 1 atom stereocenters. The average molecular weight is 180 g/mol. The number of hydrogen-bond donors (Lipinski definition) is 2. The summed E-state index contributed by atoms with van der Waals surface area (Å²) in [6.07, 6.45) is 3.46. The van der Waals surface area contributed by atoms with Crippen LogP contribution in [0.5, 0.6) is 0 Å². The van der Waals surface area contributed by atoms with Crippen molar-refractivity contribution in [1.82, 2.24) is 10.3 Å². The number of nitrogens with one attached hydrogen (secondary N) is 1. The van der Waals surface area contributed by atoms with Gasteiger partial charge in [-0.2, -0.15) is 0 Å². The van der Waals surface area contributed by atoms with Crippen LogP contribution in [0.15, 0.2) is 24.5 Å². The van der Waals surface area contributed by atoms with Gasteiger partial charge >= 0.3 is 0 Å². The van der Waals surface area contributed by atoms with Crippen molar-refractivity contribution in [2.24, 2.45) is 0 Å². The molecular weight excluding hydrogens is 164 g/mol. The summed E-state index contributed by atoms with van der Waals surface area (Å²) >= 11 is 0. The summed E-state index contributed by atoms with van der Waals surface area (Å²) in [7, 11) is 1.84. The standard InChI is InChI=1S/C10H16N2O/c1-10(2,13)9(11-3)8-4-6-12-7-5-8/h4-7,9,11,13H,1-3H3. The van der Waals surface area contributed by atoms with Crippen LogP contribution in [-0.2, 0) is 0 Å². The quantitative estimate of drug-likeness (QED) is 0.732. The molecule has 0 aromatic carbocycles. The van der Waals surface area contributed by atoms with Gasteiger partial charge in [0, 0.05) is 12.4 Å². The fourth-order valence-electron chi connectivity index (χ4n) is 1.48. The summed E-state index contributed by atoms with van der Waals surface area (Å²) in [4.78, 5) is 3.93. The molecule has 1 unspecified atom stereocenters. The summed E-state index contributed by atoms with van der Waals surface area (Å²) in [5.41, 5.74) is 0.279. The molecule has 1 aromatic rings. The van der Waals surface area contributed by atoms with Gasteiger partial charge in [0.1, 0.15) is 0 Å². The lowest BCUT2D eigenvalue weighted by Gasteiger charge is -2.29. The molecule has 72 valence electrons. The zero-order chi connectivity index (χ0) is 9.90. The zero-order valence-electron chi connectivity index (χ0n) is 8.28. The Balaban J connectivity index is 2.92. The van der Waals surface area contributed by atoms with Crippen LogP contribution >= 0.6 is 0 Å². The Morgan fingerprint density at radius 1 is 1.38 bits per heavy atom. The molecule has 0 bridgehead atoms. The molecule has 13 heavy (non-hydrogen) atoms. The van der Waals surface area contributed by atoms with Gasteiger partial charge in [-0.3, -0.25) is 4.98 Å². The van der Waals surface area contributed by atoms with Crippen LogP contribution in [0, 0.1) is 0 Å². The Kier molecular flexibility index (Phi) is 3.01. The number of pyridine rings is 1. The molecule has 1 rings (SSSR count). The number of aliphatic hydroxyl groups is 1. The molecule has 0 radical (unpaired) electrons. The van der Waals surface area contributed by atoms with Gasteiger partial charge in [-0.1, -0.05) is 0 Å². The lowest BCUT2D eigenvalue weighted by Crippen LogP contribution is -2.37. The molecule has 1 aromatic heterocycles. The Morgan fingerprint density at radius 3 is 2.31 bits per heavy atom. The molecule has 0 amide bonds. The van der Waals surface area contributed by atoms with Gasteiger partial charge < -0.3 is 10.4 Å². The maximum atomic E-state index is 9.85. The number of likely N-dealkylation sites (N-methyl/N-ethyl adjacent to an activating group) is 1. The largest absolute Gasteiger partial charge is 0.388 e. The highest BCUT2D eigenvalue weighted by molar-refractivity contribution is 5.18. The van der Waals surface area contributed by atoms with Crippen LogP contribution in [0.2, 0.25) is 0 Å². The van der Waals surface area contributed by atoms with Gasteiger partial charge in [-0.25, -0.2) is 0 Å². The van der Waals surface area contributed by atoms with Gasteiger partial charge in [0.25, 0.3) is 0 Å². The minimum absolute atomic E-state index is 0.0597. The topological polar surface area (TPSA) is 45.2 Å². The monoisotopic (exact) mass is 180 g/mol. The third kappa shape index (κ3) is 2.50. The first kappa shape index (κ1) is 10.2. The van der Waals surface area contributed by atoms with Crippen molar-refractivity contribution in [3.8, 4) is 0 Å². The van der Waals surface area contributed by atoms with Crippen LogP contribution in [0.3, 0.4) is 0 Å². The smallest absolute Gasteiger partial charge is 0.0785 e. The molecule has 0 aliphatic carbocycles. The molecule has 3 nitrogen and oxygen atoms in total. The van der Waals surface area contributed by atoms with Crippen molar-refractivity contribution in [2.45, 2.75) is 25.5 Å². The third-order valence-corrected chi connectivity index (χ3v) is 2.03. The normalized spacial score (nSPS) is 14.2. The summed E-state index contributed by atoms with van der Waals surface area (Å²) in [5.74, 6) is 0. The van der Waals surface area contributed by atoms with Gasteiger partial charge in [-0.15, -0.1) is 0 Å². The van der Waals surface area contributed by atoms with E-state index in [-0.39, 0.29) is 6.04 Å². The van der Waals surface area contributed by atoms with Crippen molar-refractivity contribution in [3.05, 3.63) is 30.1 Å². The van der Waals surface area contributed by atoms with Gasteiger partial charge in [0.2, 0.25) is 0 Å². The predicted octanol–water partition coefficient (Wildman–Crippen LogP) is 1.11. The van der Waals surface area contributed by atoms with E-state index in [4.69, 9.17) is 0 Å². The highest BCUT2D eigenvalue weighted by atomic mass is 16.3. The highest BCUT2D eigenvalue weighted by Crippen LogP contribution is 2.23. The van der Waals surface area contributed by atoms with E-state index >= 15 is 0 Å². The molecular formula is C10H16N2O. The molecule has 0 aliphatic rings. The second-order valence-corrected chi connectivity index (χ2v) is 3.66. The van der Waals surface area contributed by atoms with E-state index in [1.165, 1.54) is 0 Å². The molecule has 3 heteroatoms. The summed E-state index contributed by atoms with van der Waals surface area (Å²) in [6.45, 7) is 3.57. The second-order valence-electron chi connectivity index (χ2n) is 3.66. The third-order valence-electron chi connectivity index (χ3n) is 2.03. The molecule has 0 fully saturated rings. The van der Waals surface area contributed by atoms with Crippen LogP contribution in [0.25, 0.3) is 0 Å². The first-order valence-electron chi connectivity index (χ1n) is 4.35. The maximum Gasteiger partial charge on any atom is 0.0785 e. The van der Waals surface area contributed by atoms with Crippen molar-refractivity contribution in [1.29, 1.82) is 0 Å². The minimum atomic E-state index is -0.768. The van der Waals surface area contributed by atoms with E-state index < -0.39 is 5.60 Å². The molecule has 0 aliphatic heterocycles. The van der Waals surface area contributed by atoms with Crippen LogP contribution in [0.1, 0.15) is 25.5 Å². The Hall–Kier alpha value is -0.930. The molecule has 0 spiro atoms. The first-order chi connectivity index (χ1) is 6.05. The van der Waals surface area contributed by atoms with Crippen molar-refractivity contribution in [3.63, 3.8) is 0 Å². The summed E-state index contributed by atoms with van der Waals surface area (Å²) in [5, 5.41) is 12.9. The Morgan fingerprint density at radius 2 is 1.92 bits per heavy atom. The second kappa shape index (κ2) is 3.85. The van der Waals surface area contributed by atoms with Gasteiger partial charge in [0.05, 0.1) is 11.6 Å². The Labute approximate surface area is 78.8 Å². The number of aromatic nitrogens is 1.